The number of hydrogen-bond acceptors (Lipinski definition) is 3. The van der Waals surface area contributed by atoms with Crippen LogP contribution < -0.4 is 5.32 Å². The molecule has 0 spiro atoms. The summed E-state index contributed by atoms with van der Waals surface area (Å²) in [6, 6.07) is 8.44. The van der Waals surface area contributed by atoms with E-state index in [1.807, 2.05) is 0 Å². The predicted octanol–water partition coefficient (Wildman–Crippen LogP) is 3.67. The van der Waals surface area contributed by atoms with Crippen LogP contribution in [0.15, 0.2) is 33.7 Å². The van der Waals surface area contributed by atoms with Crippen molar-refractivity contribution in [2.24, 2.45) is 10.4 Å². The molecule has 1 N–H and O–H groups in total. The Kier molecular flexibility index (Phi) is 4.15. The van der Waals surface area contributed by atoms with Crippen molar-refractivity contribution in [3.8, 4) is 0 Å². The van der Waals surface area contributed by atoms with Gasteiger partial charge in [-0.25, -0.2) is 0 Å². The maximum atomic E-state index is 4.57. The fraction of sp³-hybridized carbons (Fsp3) is 0.462. The maximum Gasteiger partial charge on any atom is 0.156 e. The molecule has 0 atom stereocenters. The number of hydrogen-bond donors (Lipinski definition) is 1. The van der Waals surface area contributed by atoms with Crippen LogP contribution in [-0.2, 0) is 5.75 Å². The van der Waals surface area contributed by atoms with E-state index in [-0.39, 0.29) is 0 Å². The van der Waals surface area contributed by atoms with E-state index in [4.69, 9.17) is 0 Å². The fourth-order valence-electron chi connectivity index (χ4n) is 1.54. The predicted molar refractivity (Wildman–Crippen MR) is 79.5 cm³/mol. The molecule has 0 aliphatic carbocycles. The lowest BCUT2D eigenvalue weighted by molar-refractivity contribution is 0.364. The van der Waals surface area contributed by atoms with Crippen LogP contribution in [-0.4, -0.2) is 18.3 Å². The molecule has 0 fully saturated rings. The Morgan fingerprint density at radius 3 is 2.65 bits per heavy atom. The van der Waals surface area contributed by atoms with Gasteiger partial charge in [-0.3, -0.25) is 4.99 Å². The summed E-state index contributed by atoms with van der Waals surface area (Å²) >= 11 is 5.22. The second-order valence-corrected chi connectivity index (χ2v) is 6.93. The van der Waals surface area contributed by atoms with Gasteiger partial charge in [-0.15, -0.1) is 0 Å². The van der Waals surface area contributed by atoms with Gasteiger partial charge in [0.1, 0.15) is 0 Å². The number of nitrogens with zero attached hydrogens (tertiary/aromatic N) is 1. The lowest BCUT2D eigenvalue weighted by Crippen LogP contribution is -2.39. The van der Waals surface area contributed by atoms with E-state index >= 15 is 0 Å². The molecule has 1 aromatic carbocycles. The van der Waals surface area contributed by atoms with Crippen LogP contribution in [0, 0.1) is 5.41 Å². The summed E-state index contributed by atoms with van der Waals surface area (Å²) in [4.78, 5) is 4.57. The Morgan fingerprint density at radius 2 is 2.06 bits per heavy atom. The molecule has 4 heteroatoms. The average Bonchev–Trinajstić information content (AvgIpc) is 2.30. The molecule has 1 aliphatic heterocycles. The lowest BCUT2D eigenvalue weighted by atomic mass is 9.93. The molecular formula is C13H17BrN2S. The van der Waals surface area contributed by atoms with Crippen molar-refractivity contribution >= 4 is 32.9 Å². The SMILES string of the molecule is CC1(C)CN=C(SCc2ccc(Br)cc2)NC1. The summed E-state index contributed by atoms with van der Waals surface area (Å²) in [5.74, 6) is 0.972. The number of nitrogens with one attached hydrogen (secondary N) is 1. The largest absolute Gasteiger partial charge is 0.364 e. The van der Waals surface area contributed by atoms with Gasteiger partial charge in [0, 0.05) is 28.7 Å². The first-order chi connectivity index (χ1) is 8.05. The minimum atomic E-state index is 0.293. The number of aliphatic imine (C=N–C) groups is 1. The highest BCUT2D eigenvalue weighted by molar-refractivity contribution is 9.10. The second kappa shape index (κ2) is 5.44. The summed E-state index contributed by atoms with van der Waals surface area (Å²) in [6.07, 6.45) is 0. The number of amidine groups is 1. The minimum Gasteiger partial charge on any atom is -0.364 e. The van der Waals surface area contributed by atoms with Gasteiger partial charge in [-0.05, 0) is 17.7 Å². The molecule has 2 rings (SSSR count). The average molecular weight is 313 g/mol. The Morgan fingerprint density at radius 1 is 1.35 bits per heavy atom. The highest BCUT2D eigenvalue weighted by Gasteiger charge is 2.22. The smallest absolute Gasteiger partial charge is 0.156 e. The third kappa shape index (κ3) is 4.03. The van der Waals surface area contributed by atoms with E-state index in [0.717, 1.165) is 28.5 Å². The molecular weight excluding hydrogens is 296 g/mol. The molecule has 1 aromatic rings. The zero-order valence-electron chi connectivity index (χ0n) is 10.2. The van der Waals surface area contributed by atoms with Crippen molar-refractivity contribution in [2.45, 2.75) is 19.6 Å². The third-order valence-electron chi connectivity index (χ3n) is 2.66. The van der Waals surface area contributed by atoms with E-state index in [1.54, 1.807) is 11.8 Å². The van der Waals surface area contributed by atoms with Crippen molar-refractivity contribution < 1.29 is 0 Å². The normalized spacial score (nSPS) is 18.4. The van der Waals surface area contributed by atoms with Crippen molar-refractivity contribution in [3.63, 3.8) is 0 Å². The summed E-state index contributed by atoms with van der Waals surface area (Å²) in [5, 5.41) is 4.47. The molecule has 2 nitrogen and oxygen atoms in total. The quantitative estimate of drug-likeness (QED) is 0.901. The molecule has 0 unspecified atom stereocenters. The molecule has 0 amide bonds. The van der Waals surface area contributed by atoms with Crippen LogP contribution in [0.5, 0.6) is 0 Å². The highest BCUT2D eigenvalue weighted by atomic mass is 79.9. The summed E-state index contributed by atoms with van der Waals surface area (Å²) < 4.78 is 1.13. The van der Waals surface area contributed by atoms with Crippen LogP contribution in [0.2, 0.25) is 0 Å². The lowest BCUT2D eigenvalue weighted by Gasteiger charge is -2.28. The summed E-state index contributed by atoms with van der Waals surface area (Å²) in [5.41, 5.74) is 1.62. The van der Waals surface area contributed by atoms with E-state index in [0.29, 0.717) is 5.41 Å². The molecule has 92 valence electrons. The van der Waals surface area contributed by atoms with Gasteiger partial charge in [0.15, 0.2) is 5.17 Å². The molecule has 17 heavy (non-hydrogen) atoms. The van der Waals surface area contributed by atoms with Crippen LogP contribution in [0.3, 0.4) is 0 Å². The minimum absolute atomic E-state index is 0.293. The summed E-state index contributed by atoms with van der Waals surface area (Å²) in [6.45, 7) is 6.40. The molecule has 0 bridgehead atoms. The van der Waals surface area contributed by atoms with Crippen LogP contribution >= 0.6 is 27.7 Å². The zero-order chi connectivity index (χ0) is 12.3. The van der Waals surface area contributed by atoms with Crippen molar-refractivity contribution in [1.82, 2.24) is 5.32 Å². The van der Waals surface area contributed by atoms with Crippen molar-refractivity contribution in [3.05, 3.63) is 34.3 Å². The van der Waals surface area contributed by atoms with Gasteiger partial charge in [0.05, 0.1) is 0 Å². The first-order valence-electron chi connectivity index (χ1n) is 5.71. The maximum absolute atomic E-state index is 4.57. The molecule has 0 saturated carbocycles. The van der Waals surface area contributed by atoms with E-state index in [9.17, 15) is 0 Å². The first kappa shape index (κ1) is 13.0. The number of benzene rings is 1. The summed E-state index contributed by atoms with van der Waals surface area (Å²) in [7, 11) is 0. The van der Waals surface area contributed by atoms with Gasteiger partial charge < -0.3 is 5.32 Å². The second-order valence-electron chi connectivity index (χ2n) is 5.05. The molecule has 0 radical (unpaired) electrons. The molecule has 0 saturated heterocycles. The van der Waals surface area contributed by atoms with Gasteiger partial charge in [0.25, 0.3) is 0 Å². The fourth-order valence-corrected chi connectivity index (χ4v) is 2.63. The van der Waals surface area contributed by atoms with Gasteiger partial charge in [-0.1, -0.05) is 53.7 Å². The van der Waals surface area contributed by atoms with E-state index in [1.165, 1.54) is 5.56 Å². The van der Waals surface area contributed by atoms with E-state index < -0.39 is 0 Å². The topological polar surface area (TPSA) is 24.4 Å². The van der Waals surface area contributed by atoms with Crippen LogP contribution in [0.25, 0.3) is 0 Å². The Balaban J connectivity index is 1.87. The zero-order valence-corrected chi connectivity index (χ0v) is 12.6. The third-order valence-corrected chi connectivity index (χ3v) is 4.21. The van der Waals surface area contributed by atoms with Crippen LogP contribution in [0.4, 0.5) is 0 Å². The van der Waals surface area contributed by atoms with Gasteiger partial charge in [0.2, 0.25) is 0 Å². The Bertz CT molecular complexity index is 412. The highest BCUT2D eigenvalue weighted by Crippen LogP contribution is 2.22. The molecule has 0 aromatic heterocycles. The van der Waals surface area contributed by atoms with Gasteiger partial charge in [-0.2, -0.15) is 0 Å². The van der Waals surface area contributed by atoms with Crippen molar-refractivity contribution in [1.29, 1.82) is 0 Å². The van der Waals surface area contributed by atoms with E-state index in [2.05, 4.69) is 64.4 Å². The Labute approximate surface area is 115 Å². The number of thioether (sulfide) groups is 1. The molecule has 1 heterocycles. The standard InChI is InChI=1S/C13H17BrN2S/c1-13(2)8-15-12(16-9-13)17-7-10-3-5-11(14)6-4-10/h3-6H,7-9H2,1-2H3,(H,15,16). The Hall–Kier alpha value is -0.480. The monoisotopic (exact) mass is 312 g/mol. The van der Waals surface area contributed by atoms with Crippen LogP contribution in [0.1, 0.15) is 19.4 Å². The van der Waals surface area contributed by atoms with Crippen molar-refractivity contribution in [2.75, 3.05) is 13.1 Å². The number of halogens is 1. The van der Waals surface area contributed by atoms with Gasteiger partial charge >= 0.3 is 0 Å². The number of rotatable bonds is 2. The molecule has 1 aliphatic rings. The first-order valence-corrected chi connectivity index (χ1v) is 7.49.